The number of ether oxygens (including phenoxy) is 2. The van der Waals surface area contributed by atoms with Crippen LogP contribution in [0.15, 0.2) is 36.6 Å². The zero-order valence-electron chi connectivity index (χ0n) is 8.27. The van der Waals surface area contributed by atoms with E-state index in [1.165, 1.54) is 5.56 Å². The second-order valence-corrected chi connectivity index (χ2v) is 3.45. The van der Waals surface area contributed by atoms with Crippen LogP contribution in [-0.2, 0) is 4.74 Å². The van der Waals surface area contributed by atoms with Crippen molar-refractivity contribution in [2.75, 3.05) is 0 Å². The van der Waals surface area contributed by atoms with Crippen molar-refractivity contribution >= 4 is 0 Å². The number of hydrogen-bond acceptors (Lipinski definition) is 2. The SMILES string of the molecule is Cc1ccc(OC2CCC=CO2)cc1. The summed E-state index contributed by atoms with van der Waals surface area (Å²) in [7, 11) is 0. The Labute approximate surface area is 84.2 Å². The van der Waals surface area contributed by atoms with Crippen molar-refractivity contribution in [1.82, 2.24) is 0 Å². The number of aryl methyl sites for hydroxylation is 1. The van der Waals surface area contributed by atoms with Crippen LogP contribution < -0.4 is 4.74 Å². The summed E-state index contributed by atoms with van der Waals surface area (Å²) in [5.41, 5.74) is 1.24. The molecule has 74 valence electrons. The molecule has 1 aliphatic rings. The summed E-state index contributed by atoms with van der Waals surface area (Å²) < 4.78 is 10.9. The van der Waals surface area contributed by atoms with Crippen LogP contribution in [0.1, 0.15) is 18.4 Å². The van der Waals surface area contributed by atoms with Crippen molar-refractivity contribution in [3.63, 3.8) is 0 Å². The highest BCUT2D eigenvalue weighted by atomic mass is 16.7. The van der Waals surface area contributed by atoms with Gasteiger partial charge in [0.2, 0.25) is 6.29 Å². The Morgan fingerprint density at radius 2 is 2.07 bits per heavy atom. The highest BCUT2D eigenvalue weighted by Crippen LogP contribution is 2.18. The molecule has 0 aromatic heterocycles. The molecule has 0 fully saturated rings. The summed E-state index contributed by atoms with van der Waals surface area (Å²) in [4.78, 5) is 0. The molecule has 0 radical (unpaired) electrons. The zero-order chi connectivity index (χ0) is 9.80. The molecule has 14 heavy (non-hydrogen) atoms. The van der Waals surface area contributed by atoms with Gasteiger partial charge in [-0.2, -0.15) is 0 Å². The minimum atomic E-state index is -0.122. The Bertz CT molecular complexity index is 314. The first-order valence-electron chi connectivity index (χ1n) is 4.88. The Balaban J connectivity index is 1.96. The molecule has 2 nitrogen and oxygen atoms in total. The van der Waals surface area contributed by atoms with Gasteiger partial charge in [0.25, 0.3) is 0 Å². The van der Waals surface area contributed by atoms with Gasteiger partial charge in [-0.3, -0.25) is 0 Å². The van der Waals surface area contributed by atoms with Crippen LogP contribution in [0.25, 0.3) is 0 Å². The smallest absolute Gasteiger partial charge is 0.240 e. The minimum Gasteiger partial charge on any atom is -0.463 e. The van der Waals surface area contributed by atoms with Gasteiger partial charge < -0.3 is 9.47 Å². The van der Waals surface area contributed by atoms with Crippen molar-refractivity contribution in [3.8, 4) is 5.75 Å². The third-order valence-electron chi connectivity index (χ3n) is 2.18. The predicted molar refractivity (Wildman–Crippen MR) is 55.1 cm³/mol. The third-order valence-corrected chi connectivity index (χ3v) is 2.18. The van der Waals surface area contributed by atoms with Gasteiger partial charge in [0.15, 0.2) is 0 Å². The molecule has 0 N–H and O–H groups in total. The molecule has 1 atom stereocenters. The number of allylic oxidation sites excluding steroid dienone is 1. The van der Waals surface area contributed by atoms with E-state index in [1.54, 1.807) is 6.26 Å². The van der Waals surface area contributed by atoms with E-state index >= 15 is 0 Å². The maximum Gasteiger partial charge on any atom is 0.240 e. The average molecular weight is 190 g/mol. The Morgan fingerprint density at radius 1 is 1.29 bits per heavy atom. The molecule has 1 heterocycles. The van der Waals surface area contributed by atoms with Gasteiger partial charge in [0.1, 0.15) is 5.75 Å². The Hall–Kier alpha value is -1.44. The van der Waals surface area contributed by atoms with Crippen LogP contribution >= 0.6 is 0 Å². The maximum atomic E-state index is 5.64. The Kier molecular flexibility index (Phi) is 2.73. The molecule has 0 saturated heterocycles. The maximum absolute atomic E-state index is 5.64. The molecule has 0 amide bonds. The van der Waals surface area contributed by atoms with Crippen molar-refractivity contribution in [3.05, 3.63) is 42.2 Å². The monoisotopic (exact) mass is 190 g/mol. The Morgan fingerprint density at radius 3 is 2.71 bits per heavy atom. The van der Waals surface area contributed by atoms with E-state index in [2.05, 4.69) is 6.92 Å². The molecular weight excluding hydrogens is 176 g/mol. The van der Waals surface area contributed by atoms with E-state index in [0.717, 1.165) is 18.6 Å². The van der Waals surface area contributed by atoms with Crippen molar-refractivity contribution in [2.24, 2.45) is 0 Å². The topological polar surface area (TPSA) is 18.5 Å². The van der Waals surface area contributed by atoms with Gasteiger partial charge in [-0.15, -0.1) is 0 Å². The largest absolute Gasteiger partial charge is 0.463 e. The zero-order valence-corrected chi connectivity index (χ0v) is 8.27. The predicted octanol–water partition coefficient (Wildman–Crippen LogP) is 3.02. The first-order chi connectivity index (χ1) is 6.84. The summed E-state index contributed by atoms with van der Waals surface area (Å²) in [6, 6.07) is 8.01. The van der Waals surface area contributed by atoms with Gasteiger partial charge in [0.05, 0.1) is 6.26 Å². The van der Waals surface area contributed by atoms with Gasteiger partial charge in [0, 0.05) is 6.42 Å². The van der Waals surface area contributed by atoms with Crippen molar-refractivity contribution in [2.45, 2.75) is 26.1 Å². The molecule has 1 aliphatic heterocycles. The van der Waals surface area contributed by atoms with Crippen LogP contribution in [0.3, 0.4) is 0 Å². The lowest BCUT2D eigenvalue weighted by Gasteiger charge is -2.20. The lowest BCUT2D eigenvalue weighted by molar-refractivity contribution is -0.0415. The summed E-state index contributed by atoms with van der Waals surface area (Å²) in [5.74, 6) is 0.871. The standard InChI is InChI=1S/C12H14O2/c1-10-5-7-11(8-6-10)14-12-4-2-3-9-13-12/h3,5-9,12H,2,4H2,1H3. The first kappa shape index (κ1) is 9.13. The van der Waals surface area contributed by atoms with Gasteiger partial charge >= 0.3 is 0 Å². The molecular formula is C12H14O2. The fourth-order valence-corrected chi connectivity index (χ4v) is 1.37. The van der Waals surface area contributed by atoms with Crippen LogP contribution in [0.4, 0.5) is 0 Å². The van der Waals surface area contributed by atoms with E-state index < -0.39 is 0 Å². The molecule has 2 rings (SSSR count). The fourth-order valence-electron chi connectivity index (χ4n) is 1.37. The van der Waals surface area contributed by atoms with Gasteiger partial charge in [-0.25, -0.2) is 0 Å². The first-order valence-corrected chi connectivity index (χ1v) is 4.88. The van der Waals surface area contributed by atoms with Gasteiger partial charge in [-0.05, 0) is 31.6 Å². The van der Waals surface area contributed by atoms with Crippen LogP contribution in [0.2, 0.25) is 0 Å². The third kappa shape index (κ3) is 2.28. The quantitative estimate of drug-likeness (QED) is 0.713. The van der Waals surface area contributed by atoms with E-state index in [-0.39, 0.29) is 6.29 Å². The molecule has 0 saturated carbocycles. The van der Waals surface area contributed by atoms with E-state index in [9.17, 15) is 0 Å². The lowest BCUT2D eigenvalue weighted by atomic mass is 10.2. The molecule has 0 aliphatic carbocycles. The summed E-state index contributed by atoms with van der Waals surface area (Å²) in [6.45, 7) is 2.06. The number of benzene rings is 1. The minimum absolute atomic E-state index is 0.122. The normalized spacial score (nSPS) is 20.2. The van der Waals surface area contributed by atoms with E-state index in [1.807, 2.05) is 30.3 Å². The highest BCUT2D eigenvalue weighted by molar-refractivity contribution is 5.26. The second-order valence-electron chi connectivity index (χ2n) is 3.45. The molecule has 0 bridgehead atoms. The molecule has 1 unspecified atom stereocenters. The second kappa shape index (κ2) is 4.18. The van der Waals surface area contributed by atoms with Crippen LogP contribution in [0.5, 0.6) is 5.75 Å². The van der Waals surface area contributed by atoms with E-state index in [4.69, 9.17) is 9.47 Å². The van der Waals surface area contributed by atoms with E-state index in [0.29, 0.717) is 0 Å². The van der Waals surface area contributed by atoms with Crippen molar-refractivity contribution < 1.29 is 9.47 Å². The van der Waals surface area contributed by atoms with Crippen molar-refractivity contribution in [1.29, 1.82) is 0 Å². The molecule has 1 aromatic carbocycles. The number of hydrogen-bond donors (Lipinski definition) is 0. The molecule has 0 spiro atoms. The lowest BCUT2D eigenvalue weighted by Crippen LogP contribution is -2.19. The van der Waals surface area contributed by atoms with Gasteiger partial charge in [-0.1, -0.05) is 17.7 Å². The number of rotatable bonds is 2. The summed E-state index contributed by atoms with van der Waals surface area (Å²) in [6.07, 6.45) is 5.54. The highest BCUT2D eigenvalue weighted by Gasteiger charge is 2.11. The fraction of sp³-hybridized carbons (Fsp3) is 0.333. The van der Waals surface area contributed by atoms with Crippen LogP contribution in [0, 0.1) is 6.92 Å². The molecule has 2 heteroatoms. The summed E-state index contributed by atoms with van der Waals surface area (Å²) in [5, 5.41) is 0. The summed E-state index contributed by atoms with van der Waals surface area (Å²) >= 11 is 0. The molecule has 1 aromatic rings. The van der Waals surface area contributed by atoms with Crippen LogP contribution in [-0.4, -0.2) is 6.29 Å². The average Bonchev–Trinajstić information content (AvgIpc) is 2.23.